The number of phosphoric acid groups is 1. The fourth-order valence-corrected chi connectivity index (χ4v) is 7.44. The SMILES string of the molecule is C.[B][C@H]1CC(NP(=O)([O-])OC[C@H]2O[C@@H]([B])CC2OC(C)C)[C@@H](COC(C)C)O1.[B][C@H]1CC(OC(C)C)[C@@H](COP(=O)([O-])[O-])O1.[B][C@H]1CC([NH3+])[C@@H](COC(C)C)O1. The summed E-state index contributed by atoms with van der Waals surface area (Å²) in [5.41, 5.74) is 3.96. The molecule has 56 heavy (non-hydrogen) atoms. The molecule has 5 unspecified atom stereocenters. The second-order valence-electron chi connectivity index (χ2n) is 15.0. The molecule has 0 amide bonds. The van der Waals surface area contributed by atoms with E-state index in [1.54, 1.807) is 0 Å². The lowest BCUT2D eigenvalue weighted by Gasteiger charge is -2.31. The zero-order valence-electron chi connectivity index (χ0n) is 33.4. The molecule has 0 saturated carbocycles. The van der Waals surface area contributed by atoms with Crippen LogP contribution < -0.4 is 25.5 Å². The molecule has 0 spiro atoms. The molecule has 13 atom stereocenters. The molecule has 4 aliphatic rings. The van der Waals surface area contributed by atoms with Gasteiger partial charge < -0.3 is 71.9 Å². The fraction of sp³-hybridized carbons (Fsp3) is 1.00. The normalized spacial score (nSPS) is 34.3. The Hall–Kier alpha value is 0.120. The summed E-state index contributed by atoms with van der Waals surface area (Å²) in [6.45, 7) is 15.6. The average Bonchev–Trinajstić information content (AvgIpc) is 3.77. The van der Waals surface area contributed by atoms with Gasteiger partial charge >= 0.3 is 0 Å². The van der Waals surface area contributed by atoms with Gasteiger partial charge in [-0.25, -0.2) is 0 Å². The Morgan fingerprint density at radius 3 is 1.41 bits per heavy atom. The van der Waals surface area contributed by atoms with Gasteiger partial charge in [-0.15, -0.1) is 0 Å². The van der Waals surface area contributed by atoms with Crippen molar-refractivity contribution < 1.29 is 76.5 Å². The second kappa shape index (κ2) is 25.8. The summed E-state index contributed by atoms with van der Waals surface area (Å²) in [4.78, 5) is 33.0. The van der Waals surface area contributed by atoms with Crippen LogP contribution in [0.25, 0.3) is 0 Å². The summed E-state index contributed by atoms with van der Waals surface area (Å²) < 4.78 is 75.8. The van der Waals surface area contributed by atoms with Crippen molar-refractivity contribution in [3.05, 3.63) is 0 Å². The van der Waals surface area contributed by atoms with Crippen molar-refractivity contribution >= 4 is 47.0 Å². The molecule has 0 aromatic carbocycles. The van der Waals surface area contributed by atoms with Crippen molar-refractivity contribution in [2.24, 2.45) is 0 Å². The Morgan fingerprint density at radius 1 is 0.607 bits per heavy atom. The van der Waals surface area contributed by atoms with E-state index in [1.807, 2.05) is 55.4 Å². The third kappa shape index (κ3) is 22.1. The molecule has 0 aliphatic carbocycles. The maximum atomic E-state index is 12.4. The van der Waals surface area contributed by atoms with E-state index in [0.717, 1.165) is 6.42 Å². The van der Waals surface area contributed by atoms with Gasteiger partial charge in [0.25, 0.3) is 0 Å². The quantitative estimate of drug-likeness (QED) is 0.125. The molecule has 320 valence electrons. The fourth-order valence-electron chi connectivity index (χ4n) is 6.01. The largest absolute Gasteiger partial charge is 0.790 e. The van der Waals surface area contributed by atoms with Crippen LogP contribution in [0.1, 0.15) is 88.5 Å². The third-order valence-corrected chi connectivity index (χ3v) is 9.97. The third-order valence-electron chi connectivity index (χ3n) is 8.36. The van der Waals surface area contributed by atoms with Crippen molar-refractivity contribution in [2.75, 3.05) is 26.4 Å². The molecule has 4 aliphatic heterocycles. The number of quaternary nitrogens is 1. The van der Waals surface area contributed by atoms with Gasteiger partial charge in [-0.2, -0.15) is 0 Å². The number of rotatable bonds is 18. The minimum Gasteiger partial charge on any atom is -0.790 e. The minimum atomic E-state index is -4.98. The summed E-state index contributed by atoms with van der Waals surface area (Å²) in [6, 6.07) is -1.96. The van der Waals surface area contributed by atoms with E-state index in [9.17, 15) is 23.8 Å². The van der Waals surface area contributed by atoms with Gasteiger partial charge in [0.05, 0.1) is 77.0 Å². The number of hydrogen-bond acceptors (Lipinski definition) is 15. The average molecular weight is 834 g/mol. The van der Waals surface area contributed by atoms with E-state index in [4.69, 9.17) is 73.8 Å². The highest BCUT2D eigenvalue weighted by Crippen LogP contribution is 2.37. The molecule has 4 rings (SSSR count). The molecule has 8 radical (unpaired) electrons. The zero-order valence-corrected chi connectivity index (χ0v) is 35.2. The predicted octanol–water partition coefficient (Wildman–Crippen LogP) is -0.934. The lowest BCUT2D eigenvalue weighted by atomic mass is 9.95. The lowest BCUT2D eigenvalue weighted by molar-refractivity contribution is -0.428. The van der Waals surface area contributed by atoms with Gasteiger partial charge in [-0.3, -0.25) is 9.65 Å². The van der Waals surface area contributed by atoms with Crippen LogP contribution in [0.2, 0.25) is 0 Å². The molecule has 0 aromatic heterocycles. The predicted molar refractivity (Wildman–Crippen MR) is 206 cm³/mol. The highest BCUT2D eigenvalue weighted by Gasteiger charge is 2.38. The first-order valence-corrected chi connectivity index (χ1v) is 21.8. The molecule has 17 nitrogen and oxygen atoms in total. The lowest BCUT2D eigenvalue weighted by Crippen LogP contribution is -2.65. The van der Waals surface area contributed by atoms with Gasteiger partial charge in [-0.1, -0.05) is 7.43 Å². The molecule has 4 fully saturated rings. The molecular formula is C33H64B4N2O15P2-2. The van der Waals surface area contributed by atoms with Crippen LogP contribution in [0.5, 0.6) is 0 Å². The van der Waals surface area contributed by atoms with Crippen LogP contribution in [-0.2, 0) is 56.1 Å². The monoisotopic (exact) mass is 834 g/mol. The van der Waals surface area contributed by atoms with Gasteiger partial charge in [0.2, 0.25) is 7.75 Å². The highest BCUT2D eigenvalue weighted by atomic mass is 31.2. The first kappa shape index (κ1) is 54.1. The smallest absolute Gasteiger partial charge is 0.204 e. The Morgan fingerprint density at radius 2 is 1.00 bits per heavy atom. The summed E-state index contributed by atoms with van der Waals surface area (Å²) in [6.07, 6.45) is 0.105. The maximum Gasteiger partial charge on any atom is 0.204 e. The van der Waals surface area contributed by atoms with E-state index < -0.39 is 57.9 Å². The first-order chi connectivity index (χ1) is 25.4. The second-order valence-corrected chi connectivity index (χ2v) is 17.7. The van der Waals surface area contributed by atoms with Crippen LogP contribution in [-0.4, -0.2) is 155 Å². The van der Waals surface area contributed by atoms with Gasteiger partial charge in [0.1, 0.15) is 55.7 Å². The number of ether oxygens (including phenoxy) is 8. The van der Waals surface area contributed by atoms with Crippen molar-refractivity contribution in [1.82, 2.24) is 5.09 Å². The number of phosphoric ester groups is 1. The summed E-state index contributed by atoms with van der Waals surface area (Å²) in [5.74, 6) is 0. The summed E-state index contributed by atoms with van der Waals surface area (Å²) >= 11 is 0. The number of hydrogen-bond donors (Lipinski definition) is 2. The van der Waals surface area contributed by atoms with Gasteiger partial charge in [0, 0.05) is 36.5 Å². The Labute approximate surface area is 339 Å². The van der Waals surface area contributed by atoms with E-state index >= 15 is 0 Å². The molecule has 0 aromatic rings. The first-order valence-electron chi connectivity index (χ1n) is 18.8. The molecular weight excluding hydrogens is 770 g/mol. The van der Waals surface area contributed by atoms with Crippen molar-refractivity contribution in [3.63, 3.8) is 0 Å². The Balaban J connectivity index is 0.000000459. The van der Waals surface area contributed by atoms with Crippen LogP contribution in [0.15, 0.2) is 0 Å². The summed E-state index contributed by atoms with van der Waals surface area (Å²) in [7, 11) is 13.4. The molecule has 4 N–H and O–H groups in total. The highest BCUT2D eigenvalue weighted by molar-refractivity contribution is 7.49. The summed E-state index contributed by atoms with van der Waals surface area (Å²) in [5, 5.41) is 2.52. The van der Waals surface area contributed by atoms with Crippen molar-refractivity contribution in [1.29, 1.82) is 0 Å². The Kier molecular flexibility index (Phi) is 24.9. The number of nitrogens with one attached hydrogen (secondary N) is 1. The minimum absolute atomic E-state index is 0. The maximum absolute atomic E-state index is 12.4. The van der Waals surface area contributed by atoms with Crippen LogP contribution in [0.4, 0.5) is 0 Å². The topological polar surface area (TPSA) is 235 Å². The van der Waals surface area contributed by atoms with Gasteiger partial charge in [-0.05, 0) is 74.7 Å². The van der Waals surface area contributed by atoms with E-state index in [1.165, 1.54) is 0 Å². The molecule has 4 heterocycles. The van der Waals surface area contributed by atoms with Crippen molar-refractivity contribution in [3.8, 4) is 0 Å². The standard InChI is InChI=1S/C16H30B2NO7P.C8H16BNO2.C8H16BO6P.CH4/c1-9(2)22-7-13-11(5-15(17)25-13)19-27(20,21)23-8-14-12(24-10(3)4)6-16(18)26-14;1-5(2)11-4-7-6(10)3-8(9)12-7;1-5(2)14-6-3-8(9)15-7(6)4-13-16(10,11)12;/h9-16H,5-8H2,1-4H3,(H2,19,20,21);5-8H,3-4,10H2,1-2H3;5-8H,3-4H2,1-2H3,(H2,10,11,12);1H4/p-2/t11?,12?,13-,14-,15-,16-;2*6?,7-,8-;/m111./s1. The van der Waals surface area contributed by atoms with Crippen molar-refractivity contribution in [2.45, 2.75) is 186 Å². The molecule has 23 heteroatoms. The molecule has 4 saturated heterocycles. The van der Waals surface area contributed by atoms with E-state index in [2.05, 4.69) is 15.3 Å². The van der Waals surface area contributed by atoms with E-state index in [0.29, 0.717) is 25.9 Å². The van der Waals surface area contributed by atoms with Crippen LogP contribution >= 0.6 is 15.6 Å². The molecule has 0 bridgehead atoms. The Bertz CT molecular complexity index is 1180. The van der Waals surface area contributed by atoms with Gasteiger partial charge in [0.15, 0.2) is 0 Å². The zero-order chi connectivity index (χ0) is 41.7. The van der Waals surface area contributed by atoms with E-state index in [-0.39, 0.29) is 82.0 Å². The van der Waals surface area contributed by atoms with Crippen LogP contribution in [0, 0.1) is 0 Å². The van der Waals surface area contributed by atoms with Crippen LogP contribution in [0.3, 0.4) is 0 Å².